The molecule has 0 bridgehead atoms. The summed E-state index contributed by atoms with van der Waals surface area (Å²) < 4.78 is 3.43. The minimum absolute atomic E-state index is 0.00503. The lowest BCUT2D eigenvalue weighted by Gasteiger charge is -2.37. The minimum Gasteiger partial charge on any atom is -0.509 e. The van der Waals surface area contributed by atoms with Crippen molar-refractivity contribution < 1.29 is 19.6 Å². The first-order valence-electron chi connectivity index (χ1n) is 14.8. The summed E-state index contributed by atoms with van der Waals surface area (Å²) in [6, 6.07) is 29.4. The highest BCUT2D eigenvalue weighted by Gasteiger charge is 2.43. The lowest BCUT2D eigenvalue weighted by atomic mass is 9.77. The van der Waals surface area contributed by atoms with E-state index in [-0.39, 0.29) is 36.7 Å². The largest absolute Gasteiger partial charge is 0.509 e. The maximum atomic E-state index is 13.4. The van der Waals surface area contributed by atoms with Crippen LogP contribution in [-0.4, -0.2) is 58.3 Å². The number of aryl methyl sites for hydroxylation is 1. The monoisotopic (exact) mass is 616 g/mol. The summed E-state index contributed by atoms with van der Waals surface area (Å²) in [7, 11) is 0. The third-order valence-electron chi connectivity index (χ3n) is 8.56. The number of Topliss-reactive ketones (excluding diaryl/α,β-unsaturated/α-hetero) is 1. The fourth-order valence-corrected chi connectivity index (χ4v) is 6.43. The van der Waals surface area contributed by atoms with Crippen molar-refractivity contribution in [3.05, 3.63) is 159 Å². The van der Waals surface area contributed by atoms with Gasteiger partial charge < -0.3 is 24.7 Å². The molecule has 232 valence electrons. The smallest absolute Gasteiger partial charge is 0.342 e. The van der Waals surface area contributed by atoms with Crippen LogP contribution in [0.1, 0.15) is 35.1 Å². The molecule has 0 fully saturated rings. The van der Waals surface area contributed by atoms with Gasteiger partial charge in [-0.2, -0.15) is 0 Å². The quantitative estimate of drug-likeness (QED) is 0.0956. The Morgan fingerprint density at radius 1 is 0.913 bits per heavy atom. The first kappa shape index (κ1) is 30.2. The first-order chi connectivity index (χ1) is 22.2. The van der Waals surface area contributed by atoms with Crippen molar-refractivity contribution in [2.45, 2.75) is 38.4 Å². The number of imidazole rings is 2. The summed E-state index contributed by atoms with van der Waals surface area (Å²) in [5.41, 5.74) is 2.51. The molecule has 0 saturated heterocycles. The van der Waals surface area contributed by atoms with E-state index in [4.69, 9.17) is 4.98 Å². The molecular formula is C35H32N6O5. The van der Waals surface area contributed by atoms with Crippen LogP contribution in [0.25, 0.3) is 0 Å². The molecule has 46 heavy (non-hydrogen) atoms. The van der Waals surface area contributed by atoms with Crippen molar-refractivity contribution in [2.75, 3.05) is 6.54 Å². The molecule has 0 spiro atoms. The fraction of sp³-hybridized carbons (Fsp3) is 0.200. The molecule has 1 atom stereocenters. The van der Waals surface area contributed by atoms with E-state index in [9.17, 15) is 24.8 Å². The molecule has 3 aromatic carbocycles. The van der Waals surface area contributed by atoms with Gasteiger partial charge in [0.25, 0.3) is 5.91 Å². The summed E-state index contributed by atoms with van der Waals surface area (Å²) in [5, 5.41) is 22.8. The molecule has 0 radical (unpaired) electrons. The predicted octanol–water partition coefficient (Wildman–Crippen LogP) is 4.99. The molecule has 2 aromatic heterocycles. The van der Waals surface area contributed by atoms with Crippen molar-refractivity contribution in [3.63, 3.8) is 0 Å². The average Bonchev–Trinajstić information content (AvgIpc) is 3.74. The number of aliphatic hydroxyl groups excluding tert-OH is 1. The molecule has 11 nitrogen and oxygen atoms in total. The Kier molecular flexibility index (Phi) is 8.06. The molecule has 5 aromatic rings. The van der Waals surface area contributed by atoms with Crippen LogP contribution in [0.3, 0.4) is 0 Å². The first-order valence-corrected chi connectivity index (χ1v) is 14.8. The number of amides is 1. The van der Waals surface area contributed by atoms with Crippen LogP contribution in [-0.2, 0) is 28.1 Å². The van der Waals surface area contributed by atoms with Gasteiger partial charge in [-0.3, -0.25) is 9.59 Å². The zero-order valence-electron chi connectivity index (χ0n) is 25.4. The van der Waals surface area contributed by atoms with Crippen molar-refractivity contribution in [3.8, 4) is 0 Å². The standard InChI is InChI=1S/C35H32N6O5/c1-24(42)32-33(43)30(40(34(32)44)19-18-39-25(2)36-21-31(39)41(45)46)20-29-22-38(23-37-29)35(26-12-6-3-7-13-26,27-14-8-4-9-15-27)28-16-10-5-11-17-28/h3-17,21-23,30,43H,18-20H2,1-2H3. The molecule has 0 saturated carbocycles. The third kappa shape index (κ3) is 5.15. The molecule has 1 amide bonds. The Hall–Kier alpha value is -5.84. The van der Waals surface area contributed by atoms with Gasteiger partial charge in [-0.1, -0.05) is 91.0 Å². The number of carbonyl (C=O) groups is 2. The van der Waals surface area contributed by atoms with Gasteiger partial charge in [0, 0.05) is 19.5 Å². The Bertz CT molecular complexity index is 1840. The van der Waals surface area contributed by atoms with Gasteiger partial charge in [-0.15, -0.1) is 0 Å². The number of nitrogens with zero attached hydrogens (tertiary/aromatic N) is 6. The Morgan fingerprint density at radius 3 is 1.96 bits per heavy atom. The van der Waals surface area contributed by atoms with Crippen LogP contribution in [0, 0.1) is 17.0 Å². The number of rotatable bonds is 11. The molecule has 6 rings (SSSR count). The van der Waals surface area contributed by atoms with Crippen molar-refractivity contribution in [1.29, 1.82) is 0 Å². The van der Waals surface area contributed by atoms with Crippen molar-refractivity contribution >= 4 is 17.5 Å². The number of nitro groups is 1. The molecule has 1 aliphatic rings. The number of benzene rings is 3. The summed E-state index contributed by atoms with van der Waals surface area (Å²) in [5.74, 6) is -1.30. The predicted molar refractivity (Wildman–Crippen MR) is 170 cm³/mol. The van der Waals surface area contributed by atoms with Crippen LogP contribution in [0.5, 0.6) is 0 Å². The zero-order valence-corrected chi connectivity index (χ0v) is 25.4. The average molecular weight is 617 g/mol. The van der Waals surface area contributed by atoms with E-state index in [0.29, 0.717) is 11.5 Å². The summed E-state index contributed by atoms with van der Waals surface area (Å²) in [4.78, 5) is 47.1. The lowest BCUT2D eigenvalue weighted by Crippen LogP contribution is -2.40. The van der Waals surface area contributed by atoms with Crippen LogP contribution in [0.2, 0.25) is 0 Å². The molecule has 1 aliphatic heterocycles. The summed E-state index contributed by atoms with van der Waals surface area (Å²) >= 11 is 0. The molecular weight excluding hydrogens is 584 g/mol. The second kappa shape index (κ2) is 12.3. The number of hydrogen-bond acceptors (Lipinski definition) is 7. The fourth-order valence-electron chi connectivity index (χ4n) is 6.43. The van der Waals surface area contributed by atoms with Gasteiger partial charge in [-0.25, -0.2) is 14.5 Å². The van der Waals surface area contributed by atoms with Crippen molar-refractivity contribution in [2.24, 2.45) is 0 Å². The van der Waals surface area contributed by atoms with E-state index < -0.39 is 28.2 Å². The normalized spacial score (nSPS) is 15.0. The van der Waals surface area contributed by atoms with E-state index in [0.717, 1.165) is 16.7 Å². The van der Waals surface area contributed by atoms with Crippen LogP contribution < -0.4 is 0 Å². The van der Waals surface area contributed by atoms with Gasteiger partial charge in [0.15, 0.2) is 11.6 Å². The van der Waals surface area contributed by atoms with E-state index in [2.05, 4.69) is 41.4 Å². The maximum Gasteiger partial charge on any atom is 0.342 e. The SMILES string of the molecule is CC(=O)C1=C(O)C(Cc2cn(C(c3ccccc3)(c3ccccc3)c3ccccc3)cn2)N(CCn2c([N+](=O)[O-])cnc2C)C1=O. The van der Waals surface area contributed by atoms with E-state index in [1.165, 1.54) is 22.6 Å². The van der Waals surface area contributed by atoms with Crippen molar-refractivity contribution in [1.82, 2.24) is 24.0 Å². The van der Waals surface area contributed by atoms with E-state index in [1.807, 2.05) is 65.4 Å². The van der Waals surface area contributed by atoms with Gasteiger partial charge in [0.05, 0.1) is 24.6 Å². The van der Waals surface area contributed by atoms with Crippen LogP contribution in [0.4, 0.5) is 5.82 Å². The molecule has 3 heterocycles. The summed E-state index contributed by atoms with van der Waals surface area (Å²) in [6.45, 7) is 2.93. The Balaban J connectivity index is 1.41. The minimum atomic E-state index is -0.891. The number of hydrogen-bond donors (Lipinski definition) is 1. The molecule has 11 heteroatoms. The number of ketones is 1. The van der Waals surface area contributed by atoms with E-state index in [1.54, 1.807) is 13.3 Å². The highest BCUT2D eigenvalue weighted by atomic mass is 16.6. The maximum absolute atomic E-state index is 13.4. The highest BCUT2D eigenvalue weighted by Crippen LogP contribution is 2.41. The second-order valence-electron chi connectivity index (χ2n) is 11.2. The van der Waals surface area contributed by atoms with Crippen LogP contribution >= 0.6 is 0 Å². The van der Waals surface area contributed by atoms with Crippen LogP contribution in [0.15, 0.2) is 121 Å². The number of carbonyl (C=O) groups excluding carboxylic acids is 2. The highest BCUT2D eigenvalue weighted by molar-refractivity contribution is 6.20. The van der Waals surface area contributed by atoms with E-state index >= 15 is 0 Å². The molecule has 0 aliphatic carbocycles. The Morgan fingerprint density at radius 2 is 1.46 bits per heavy atom. The van der Waals surface area contributed by atoms with Gasteiger partial charge >= 0.3 is 5.82 Å². The third-order valence-corrected chi connectivity index (χ3v) is 8.56. The number of aliphatic hydroxyl groups is 1. The van der Waals surface area contributed by atoms with Gasteiger partial charge in [0.2, 0.25) is 0 Å². The molecule has 1 N–H and O–H groups in total. The Labute approximate surface area is 265 Å². The topological polar surface area (TPSA) is 136 Å². The van der Waals surface area contributed by atoms with Gasteiger partial charge in [0.1, 0.15) is 29.6 Å². The van der Waals surface area contributed by atoms with Gasteiger partial charge in [-0.05, 0) is 28.5 Å². The zero-order chi connectivity index (χ0) is 32.4. The summed E-state index contributed by atoms with van der Waals surface area (Å²) in [6.07, 6.45) is 4.93. The second-order valence-corrected chi connectivity index (χ2v) is 11.2. The number of aromatic nitrogens is 4. The lowest BCUT2D eigenvalue weighted by molar-refractivity contribution is -0.392. The molecule has 1 unspecified atom stereocenters.